The summed E-state index contributed by atoms with van der Waals surface area (Å²) in [6.45, 7) is 13.5. The maximum absolute atomic E-state index is 11.1. The largest absolute Gasteiger partial charge is 0.390 e. The Morgan fingerprint density at radius 3 is 2.38 bits per heavy atom. The van der Waals surface area contributed by atoms with Crippen molar-refractivity contribution >= 4 is 0 Å². The van der Waals surface area contributed by atoms with Crippen molar-refractivity contribution in [2.24, 2.45) is 28.1 Å². The highest BCUT2D eigenvalue weighted by Crippen LogP contribution is 2.67. The first-order chi connectivity index (χ1) is 9.67. The molecule has 3 aliphatic rings. The predicted molar refractivity (Wildman–Crippen MR) is 89.1 cm³/mol. The molecule has 3 saturated carbocycles. The van der Waals surface area contributed by atoms with Crippen molar-refractivity contribution in [2.75, 3.05) is 0 Å². The topological polar surface area (TPSA) is 20.2 Å². The van der Waals surface area contributed by atoms with E-state index in [1.807, 2.05) is 0 Å². The molecule has 0 aromatic heterocycles. The second-order valence-corrected chi connectivity index (χ2v) is 9.44. The fourth-order valence-electron chi connectivity index (χ4n) is 6.34. The monoisotopic (exact) mass is 290 g/mol. The summed E-state index contributed by atoms with van der Waals surface area (Å²) in [4.78, 5) is 0. The number of hydrogen-bond donors (Lipinski definition) is 1. The molecule has 120 valence electrons. The van der Waals surface area contributed by atoms with Crippen LogP contribution in [-0.2, 0) is 0 Å². The standard InChI is InChI=1S/C20H34O/c1-6-17(2)12-13-18(3)15(14-17)9-11-19(4)16(18)8-7-10-20(19,5)21/h6,15-16,21H,1,7-14H2,2-5H3. The molecule has 0 heterocycles. The van der Waals surface area contributed by atoms with E-state index in [1.54, 1.807) is 0 Å². The van der Waals surface area contributed by atoms with Crippen molar-refractivity contribution < 1.29 is 5.11 Å². The third-order valence-electron chi connectivity index (χ3n) is 8.34. The van der Waals surface area contributed by atoms with Crippen LogP contribution < -0.4 is 0 Å². The van der Waals surface area contributed by atoms with Crippen LogP contribution in [0, 0.1) is 28.1 Å². The van der Waals surface area contributed by atoms with Gasteiger partial charge in [0.2, 0.25) is 0 Å². The summed E-state index contributed by atoms with van der Waals surface area (Å²) in [7, 11) is 0. The van der Waals surface area contributed by atoms with Crippen LogP contribution in [0.4, 0.5) is 0 Å². The zero-order valence-corrected chi connectivity index (χ0v) is 14.5. The molecular formula is C20H34O. The van der Waals surface area contributed by atoms with Crippen LogP contribution in [0.2, 0.25) is 0 Å². The molecule has 1 heteroatoms. The van der Waals surface area contributed by atoms with Crippen molar-refractivity contribution in [3.05, 3.63) is 12.7 Å². The zero-order valence-electron chi connectivity index (χ0n) is 14.5. The zero-order chi connectivity index (χ0) is 15.5. The Bertz CT molecular complexity index is 439. The van der Waals surface area contributed by atoms with E-state index in [4.69, 9.17) is 0 Å². The minimum Gasteiger partial charge on any atom is -0.390 e. The summed E-state index contributed by atoms with van der Waals surface area (Å²) in [5, 5.41) is 11.1. The lowest BCUT2D eigenvalue weighted by Crippen LogP contribution is -2.61. The molecule has 0 amide bonds. The Kier molecular flexibility index (Phi) is 3.41. The Morgan fingerprint density at radius 2 is 1.71 bits per heavy atom. The van der Waals surface area contributed by atoms with Crippen LogP contribution in [0.1, 0.15) is 79.1 Å². The number of fused-ring (bicyclic) bond motifs is 3. The van der Waals surface area contributed by atoms with Crippen LogP contribution in [0.15, 0.2) is 12.7 Å². The third-order valence-corrected chi connectivity index (χ3v) is 8.34. The molecule has 6 unspecified atom stereocenters. The van der Waals surface area contributed by atoms with Gasteiger partial charge in [-0.3, -0.25) is 0 Å². The van der Waals surface area contributed by atoms with Crippen molar-refractivity contribution in [1.82, 2.24) is 0 Å². The molecule has 3 fully saturated rings. The average Bonchev–Trinajstić information content (AvgIpc) is 2.42. The maximum Gasteiger partial charge on any atom is 0.0675 e. The van der Waals surface area contributed by atoms with Crippen LogP contribution >= 0.6 is 0 Å². The molecule has 6 atom stereocenters. The highest BCUT2D eigenvalue weighted by atomic mass is 16.3. The van der Waals surface area contributed by atoms with Crippen LogP contribution in [0.5, 0.6) is 0 Å². The average molecular weight is 290 g/mol. The molecule has 0 aliphatic heterocycles. The lowest BCUT2D eigenvalue weighted by Gasteiger charge is -2.65. The SMILES string of the molecule is C=CC1(C)CCC2(C)C(CCC3(C)C2CCCC3(C)O)C1. The van der Waals surface area contributed by atoms with E-state index in [-0.39, 0.29) is 5.41 Å². The molecule has 0 spiro atoms. The molecule has 21 heavy (non-hydrogen) atoms. The van der Waals surface area contributed by atoms with E-state index in [2.05, 4.69) is 40.3 Å². The first kappa shape index (κ1) is 15.6. The summed E-state index contributed by atoms with van der Waals surface area (Å²) in [6.07, 6.45) is 12.1. The van der Waals surface area contributed by atoms with Crippen molar-refractivity contribution in [3.8, 4) is 0 Å². The van der Waals surface area contributed by atoms with Gasteiger partial charge in [0, 0.05) is 0 Å². The molecule has 1 nitrogen and oxygen atoms in total. The van der Waals surface area contributed by atoms with Crippen LogP contribution in [0.25, 0.3) is 0 Å². The molecule has 1 N–H and O–H groups in total. The maximum atomic E-state index is 11.1. The molecule has 3 aliphatic carbocycles. The minimum atomic E-state index is -0.469. The van der Waals surface area contributed by atoms with Gasteiger partial charge in [0.15, 0.2) is 0 Å². The molecule has 0 bridgehead atoms. The highest BCUT2D eigenvalue weighted by molar-refractivity contribution is 5.13. The minimum absolute atomic E-state index is 0.123. The van der Waals surface area contributed by atoms with Gasteiger partial charge in [-0.2, -0.15) is 0 Å². The number of allylic oxidation sites excluding steroid dienone is 1. The number of hydrogen-bond acceptors (Lipinski definition) is 1. The fraction of sp³-hybridized carbons (Fsp3) is 0.900. The predicted octanol–water partition coefficient (Wildman–Crippen LogP) is 5.34. The van der Waals surface area contributed by atoms with Crippen molar-refractivity contribution in [3.63, 3.8) is 0 Å². The Balaban J connectivity index is 1.94. The first-order valence-electron chi connectivity index (χ1n) is 9.03. The third kappa shape index (κ3) is 2.06. The second kappa shape index (κ2) is 4.60. The summed E-state index contributed by atoms with van der Waals surface area (Å²) >= 11 is 0. The fourth-order valence-corrected chi connectivity index (χ4v) is 6.34. The van der Waals surface area contributed by atoms with Crippen LogP contribution in [-0.4, -0.2) is 10.7 Å². The molecule has 0 aromatic rings. The van der Waals surface area contributed by atoms with Gasteiger partial charge in [-0.25, -0.2) is 0 Å². The summed E-state index contributed by atoms with van der Waals surface area (Å²) in [5.74, 6) is 1.52. The van der Waals surface area contributed by atoms with Gasteiger partial charge in [-0.15, -0.1) is 6.58 Å². The Morgan fingerprint density at radius 1 is 1.00 bits per heavy atom. The molecule has 3 rings (SSSR count). The van der Waals surface area contributed by atoms with Gasteiger partial charge in [-0.1, -0.05) is 33.3 Å². The molecule has 0 radical (unpaired) electrons. The lowest BCUT2D eigenvalue weighted by molar-refractivity contribution is -0.205. The normalized spacial score (nSPS) is 57.2. The van der Waals surface area contributed by atoms with E-state index in [0.717, 1.165) is 12.3 Å². The quantitative estimate of drug-likeness (QED) is 0.647. The van der Waals surface area contributed by atoms with Gasteiger partial charge in [0.25, 0.3) is 0 Å². The van der Waals surface area contributed by atoms with E-state index >= 15 is 0 Å². The van der Waals surface area contributed by atoms with Gasteiger partial charge >= 0.3 is 0 Å². The van der Waals surface area contributed by atoms with E-state index in [0.29, 0.717) is 16.7 Å². The smallest absolute Gasteiger partial charge is 0.0675 e. The number of rotatable bonds is 1. The van der Waals surface area contributed by atoms with Crippen LogP contribution in [0.3, 0.4) is 0 Å². The molecular weight excluding hydrogens is 256 g/mol. The highest BCUT2D eigenvalue weighted by Gasteiger charge is 2.62. The summed E-state index contributed by atoms with van der Waals surface area (Å²) in [6, 6.07) is 0. The van der Waals surface area contributed by atoms with Gasteiger partial charge < -0.3 is 5.11 Å². The van der Waals surface area contributed by atoms with Crippen molar-refractivity contribution in [2.45, 2.75) is 84.7 Å². The van der Waals surface area contributed by atoms with Crippen molar-refractivity contribution in [1.29, 1.82) is 0 Å². The first-order valence-corrected chi connectivity index (χ1v) is 9.03. The van der Waals surface area contributed by atoms with Gasteiger partial charge in [0.1, 0.15) is 0 Å². The van der Waals surface area contributed by atoms with Gasteiger partial charge in [0.05, 0.1) is 5.60 Å². The Hall–Kier alpha value is -0.300. The number of aliphatic hydroxyl groups is 1. The van der Waals surface area contributed by atoms with E-state index < -0.39 is 5.60 Å². The summed E-state index contributed by atoms with van der Waals surface area (Å²) < 4.78 is 0. The molecule has 0 aromatic carbocycles. The summed E-state index contributed by atoms with van der Waals surface area (Å²) in [5.41, 5.74) is 0.427. The molecule has 0 saturated heterocycles. The second-order valence-electron chi connectivity index (χ2n) is 9.44. The Labute approximate surface area is 131 Å². The van der Waals surface area contributed by atoms with E-state index in [1.165, 1.54) is 44.9 Å². The van der Waals surface area contributed by atoms with Gasteiger partial charge in [-0.05, 0) is 80.0 Å². The van der Waals surface area contributed by atoms with E-state index in [9.17, 15) is 5.11 Å². The lowest BCUT2D eigenvalue weighted by atomic mass is 9.40.